The monoisotopic (exact) mass is 342 g/mol. The van der Waals surface area contributed by atoms with Crippen molar-refractivity contribution in [3.05, 3.63) is 17.5 Å². The summed E-state index contributed by atoms with van der Waals surface area (Å²) in [5, 5.41) is 15.6. The SMILES string of the molecule is Cn1ncc2c1CC1CCC3C(CCC4(C)C3CC[C@]4(C)O)C1(C)C2. The topological polar surface area (TPSA) is 38.0 Å². The van der Waals surface area contributed by atoms with E-state index in [1.807, 2.05) is 0 Å². The van der Waals surface area contributed by atoms with Gasteiger partial charge < -0.3 is 5.11 Å². The van der Waals surface area contributed by atoms with E-state index in [9.17, 15) is 5.11 Å². The molecule has 0 bridgehead atoms. The molecule has 3 fully saturated rings. The molecule has 25 heavy (non-hydrogen) atoms. The lowest BCUT2D eigenvalue weighted by Gasteiger charge is -2.60. The van der Waals surface area contributed by atoms with Gasteiger partial charge in [-0.2, -0.15) is 5.10 Å². The van der Waals surface area contributed by atoms with E-state index in [1.54, 1.807) is 0 Å². The fourth-order valence-corrected chi connectivity index (χ4v) is 7.95. The van der Waals surface area contributed by atoms with Gasteiger partial charge in [0.1, 0.15) is 0 Å². The van der Waals surface area contributed by atoms with Crippen LogP contribution in [-0.4, -0.2) is 20.5 Å². The van der Waals surface area contributed by atoms with Crippen molar-refractivity contribution in [1.82, 2.24) is 9.78 Å². The fraction of sp³-hybridized carbons (Fsp3) is 0.864. The van der Waals surface area contributed by atoms with E-state index < -0.39 is 5.60 Å². The van der Waals surface area contributed by atoms with E-state index in [0.29, 0.717) is 5.41 Å². The zero-order valence-corrected chi connectivity index (χ0v) is 16.4. The molecule has 0 saturated heterocycles. The summed E-state index contributed by atoms with van der Waals surface area (Å²) in [5.41, 5.74) is 3.13. The summed E-state index contributed by atoms with van der Waals surface area (Å²) >= 11 is 0. The van der Waals surface area contributed by atoms with Crippen molar-refractivity contribution in [2.24, 2.45) is 41.5 Å². The normalized spacial score (nSPS) is 51.4. The van der Waals surface area contributed by atoms with E-state index >= 15 is 0 Å². The first-order chi connectivity index (χ1) is 11.8. The molecule has 0 radical (unpaired) electrons. The molecule has 0 amide bonds. The molecule has 138 valence electrons. The van der Waals surface area contributed by atoms with Crippen LogP contribution in [0.15, 0.2) is 6.20 Å². The van der Waals surface area contributed by atoms with Crippen molar-refractivity contribution >= 4 is 0 Å². The average Bonchev–Trinajstić information content (AvgIpc) is 3.02. The van der Waals surface area contributed by atoms with Gasteiger partial charge in [-0.1, -0.05) is 13.8 Å². The fourth-order valence-electron chi connectivity index (χ4n) is 7.95. The Morgan fingerprint density at radius 3 is 2.64 bits per heavy atom. The van der Waals surface area contributed by atoms with Gasteiger partial charge in [-0.3, -0.25) is 4.68 Å². The van der Waals surface area contributed by atoms with Crippen LogP contribution in [0.4, 0.5) is 0 Å². The van der Waals surface area contributed by atoms with Crippen LogP contribution in [0.3, 0.4) is 0 Å². The zero-order chi connectivity index (χ0) is 17.6. The van der Waals surface area contributed by atoms with E-state index in [-0.39, 0.29) is 5.41 Å². The predicted octanol–water partition coefficient (Wildman–Crippen LogP) is 4.13. The van der Waals surface area contributed by atoms with E-state index in [0.717, 1.165) is 30.1 Å². The molecule has 4 aliphatic rings. The quantitative estimate of drug-likeness (QED) is 0.770. The van der Waals surface area contributed by atoms with Gasteiger partial charge in [0.05, 0.1) is 11.8 Å². The van der Waals surface area contributed by atoms with Crippen LogP contribution in [0.2, 0.25) is 0 Å². The van der Waals surface area contributed by atoms with Gasteiger partial charge in [0.15, 0.2) is 0 Å². The molecule has 1 aromatic heterocycles. The number of fused-ring (bicyclic) bond motifs is 6. The van der Waals surface area contributed by atoms with Crippen LogP contribution in [0.5, 0.6) is 0 Å². The lowest BCUT2D eigenvalue weighted by Crippen LogP contribution is -2.56. The molecular formula is C22H34N2O. The molecule has 0 aliphatic heterocycles. The molecule has 3 nitrogen and oxygen atoms in total. The maximum absolute atomic E-state index is 11.1. The first-order valence-electron chi connectivity index (χ1n) is 10.5. The Balaban J connectivity index is 1.50. The lowest BCUT2D eigenvalue weighted by atomic mass is 9.44. The number of aryl methyl sites for hydroxylation is 1. The highest BCUT2D eigenvalue weighted by Gasteiger charge is 2.63. The third-order valence-electron chi connectivity index (χ3n) is 9.79. The number of aromatic nitrogens is 2. The van der Waals surface area contributed by atoms with Crippen molar-refractivity contribution in [2.45, 2.75) is 77.7 Å². The maximum atomic E-state index is 11.1. The standard InChI is InChI=1S/C22H34N2O/c1-20-12-14-13-23-24(4)19(14)11-15(20)5-6-16-17(20)7-9-21(2)18(16)8-10-22(21,3)25/h13,15-18,25H,5-12H2,1-4H3/t15?,16?,17?,18?,20?,21?,22-/m0/s1. The molecule has 7 atom stereocenters. The smallest absolute Gasteiger partial charge is 0.0675 e. The Kier molecular flexibility index (Phi) is 3.21. The van der Waals surface area contributed by atoms with Crippen molar-refractivity contribution in [2.75, 3.05) is 0 Å². The van der Waals surface area contributed by atoms with Gasteiger partial charge >= 0.3 is 0 Å². The lowest BCUT2D eigenvalue weighted by molar-refractivity contribution is -0.139. The van der Waals surface area contributed by atoms with Crippen LogP contribution in [0.25, 0.3) is 0 Å². The summed E-state index contributed by atoms with van der Waals surface area (Å²) in [6.07, 6.45) is 12.1. The minimum atomic E-state index is -0.455. The highest BCUT2D eigenvalue weighted by atomic mass is 16.3. The summed E-state index contributed by atoms with van der Waals surface area (Å²) in [6.45, 7) is 7.11. The third kappa shape index (κ3) is 1.94. The Bertz CT molecular complexity index is 707. The Morgan fingerprint density at radius 2 is 1.84 bits per heavy atom. The van der Waals surface area contributed by atoms with Gasteiger partial charge in [-0.15, -0.1) is 0 Å². The molecule has 5 rings (SSSR count). The van der Waals surface area contributed by atoms with Crippen molar-refractivity contribution in [3.8, 4) is 0 Å². The number of rotatable bonds is 0. The minimum absolute atomic E-state index is 0.144. The Morgan fingerprint density at radius 1 is 1.08 bits per heavy atom. The van der Waals surface area contributed by atoms with Crippen LogP contribution < -0.4 is 0 Å². The summed E-state index contributed by atoms with van der Waals surface area (Å²) in [7, 11) is 2.11. The van der Waals surface area contributed by atoms with Crippen LogP contribution in [0.1, 0.15) is 70.6 Å². The van der Waals surface area contributed by atoms with Crippen molar-refractivity contribution in [1.29, 1.82) is 0 Å². The summed E-state index contributed by atoms with van der Waals surface area (Å²) in [4.78, 5) is 0. The second-order valence-electron chi connectivity index (χ2n) is 10.5. The van der Waals surface area contributed by atoms with Crippen molar-refractivity contribution in [3.63, 3.8) is 0 Å². The molecule has 1 aromatic rings. The molecule has 1 heterocycles. The molecule has 0 spiro atoms. The molecule has 0 aromatic carbocycles. The summed E-state index contributed by atoms with van der Waals surface area (Å²) in [5.74, 6) is 3.22. The van der Waals surface area contributed by atoms with Crippen LogP contribution >= 0.6 is 0 Å². The predicted molar refractivity (Wildman–Crippen MR) is 99.1 cm³/mol. The highest BCUT2D eigenvalue weighted by Crippen LogP contribution is 2.67. The Labute approximate surface area is 152 Å². The number of hydrogen-bond acceptors (Lipinski definition) is 2. The summed E-state index contributed by atoms with van der Waals surface area (Å²) < 4.78 is 2.12. The van der Waals surface area contributed by atoms with Crippen molar-refractivity contribution < 1.29 is 5.11 Å². The first kappa shape index (κ1) is 16.4. The summed E-state index contributed by atoms with van der Waals surface area (Å²) in [6, 6.07) is 0. The molecule has 1 N–H and O–H groups in total. The second-order valence-corrected chi connectivity index (χ2v) is 10.5. The second kappa shape index (κ2) is 4.91. The molecule has 3 heteroatoms. The average molecular weight is 343 g/mol. The first-order valence-corrected chi connectivity index (χ1v) is 10.5. The van der Waals surface area contributed by atoms with Crippen LogP contribution in [-0.2, 0) is 19.9 Å². The van der Waals surface area contributed by atoms with Gasteiger partial charge in [0, 0.05) is 12.7 Å². The number of hydrogen-bond donors (Lipinski definition) is 1. The third-order valence-corrected chi connectivity index (χ3v) is 9.79. The largest absolute Gasteiger partial charge is 0.390 e. The van der Waals surface area contributed by atoms with Gasteiger partial charge in [0.25, 0.3) is 0 Å². The maximum Gasteiger partial charge on any atom is 0.0675 e. The van der Waals surface area contributed by atoms with Gasteiger partial charge in [0.2, 0.25) is 0 Å². The minimum Gasteiger partial charge on any atom is -0.390 e. The molecular weight excluding hydrogens is 308 g/mol. The number of nitrogens with zero attached hydrogens (tertiary/aromatic N) is 2. The zero-order valence-electron chi connectivity index (χ0n) is 16.4. The molecule has 6 unspecified atom stereocenters. The van der Waals surface area contributed by atoms with Gasteiger partial charge in [-0.05, 0) is 98.4 Å². The van der Waals surface area contributed by atoms with Gasteiger partial charge in [-0.25, -0.2) is 0 Å². The number of aliphatic hydroxyl groups is 1. The van der Waals surface area contributed by atoms with Crippen LogP contribution in [0, 0.1) is 34.5 Å². The van der Waals surface area contributed by atoms with E-state index in [2.05, 4.69) is 43.8 Å². The van der Waals surface area contributed by atoms with E-state index in [4.69, 9.17) is 0 Å². The van der Waals surface area contributed by atoms with E-state index in [1.165, 1.54) is 56.2 Å². The highest BCUT2D eigenvalue weighted by molar-refractivity contribution is 5.27. The molecule has 3 saturated carbocycles. The Hall–Kier alpha value is -0.830. The molecule has 4 aliphatic carbocycles.